The lowest BCUT2D eigenvalue weighted by molar-refractivity contribution is 0.0624. The van der Waals surface area contributed by atoms with E-state index in [-0.39, 0.29) is 18.6 Å². The monoisotopic (exact) mass is 286 g/mol. The quantitative estimate of drug-likeness (QED) is 0.888. The number of amides is 1. The van der Waals surface area contributed by atoms with Gasteiger partial charge in [-0.2, -0.15) is 0 Å². The second-order valence-corrected chi connectivity index (χ2v) is 5.07. The summed E-state index contributed by atoms with van der Waals surface area (Å²) in [6.07, 6.45) is 3.45. The molecule has 0 unspecified atom stereocenters. The minimum Gasteiger partial charge on any atom is -0.395 e. The Morgan fingerprint density at radius 1 is 1.24 bits per heavy atom. The molecule has 0 atom stereocenters. The summed E-state index contributed by atoms with van der Waals surface area (Å²) in [6, 6.07) is 9.59. The maximum absolute atomic E-state index is 12.9. The van der Waals surface area contributed by atoms with E-state index in [1.54, 1.807) is 11.1 Å². The SMILES string of the molecule is CCC(CC)N(CCO)C(=O)c1cccc2cccnc12. The highest BCUT2D eigenvalue weighted by Gasteiger charge is 2.23. The van der Waals surface area contributed by atoms with Crippen LogP contribution in [0.15, 0.2) is 36.5 Å². The molecule has 1 amide bonds. The number of fused-ring (bicyclic) bond motifs is 1. The van der Waals surface area contributed by atoms with Crippen LogP contribution < -0.4 is 0 Å². The zero-order chi connectivity index (χ0) is 15.2. The van der Waals surface area contributed by atoms with E-state index in [2.05, 4.69) is 18.8 Å². The molecule has 0 aliphatic rings. The van der Waals surface area contributed by atoms with Crippen LogP contribution in [-0.2, 0) is 0 Å². The minimum atomic E-state index is -0.0537. The Morgan fingerprint density at radius 3 is 2.62 bits per heavy atom. The molecule has 1 aromatic carbocycles. The average molecular weight is 286 g/mol. The molecular weight excluding hydrogens is 264 g/mol. The molecule has 0 bridgehead atoms. The second-order valence-electron chi connectivity index (χ2n) is 5.07. The van der Waals surface area contributed by atoms with Crippen molar-refractivity contribution in [3.63, 3.8) is 0 Å². The van der Waals surface area contributed by atoms with Gasteiger partial charge in [0.05, 0.1) is 17.7 Å². The number of para-hydroxylation sites is 1. The smallest absolute Gasteiger partial charge is 0.256 e. The Bertz CT molecular complexity index is 603. The average Bonchev–Trinajstić information content (AvgIpc) is 2.54. The van der Waals surface area contributed by atoms with Gasteiger partial charge in [-0.1, -0.05) is 32.0 Å². The van der Waals surface area contributed by atoms with Gasteiger partial charge in [0.15, 0.2) is 0 Å². The normalized spacial score (nSPS) is 11.0. The molecule has 0 saturated heterocycles. The number of pyridine rings is 1. The van der Waals surface area contributed by atoms with Gasteiger partial charge in [0.1, 0.15) is 0 Å². The van der Waals surface area contributed by atoms with Gasteiger partial charge in [-0.25, -0.2) is 0 Å². The highest BCUT2D eigenvalue weighted by molar-refractivity contribution is 6.05. The van der Waals surface area contributed by atoms with E-state index >= 15 is 0 Å². The maximum Gasteiger partial charge on any atom is 0.256 e. The predicted molar refractivity (Wildman–Crippen MR) is 84.2 cm³/mol. The Kier molecular flexibility index (Phi) is 5.28. The Morgan fingerprint density at radius 2 is 1.95 bits per heavy atom. The molecule has 0 radical (unpaired) electrons. The maximum atomic E-state index is 12.9. The summed E-state index contributed by atoms with van der Waals surface area (Å²) < 4.78 is 0. The predicted octanol–water partition coefficient (Wildman–Crippen LogP) is 2.86. The van der Waals surface area contributed by atoms with Crippen LogP contribution in [0.5, 0.6) is 0 Å². The summed E-state index contributed by atoms with van der Waals surface area (Å²) in [4.78, 5) is 19.0. The molecule has 1 N–H and O–H groups in total. The molecule has 0 fully saturated rings. The molecule has 1 aromatic heterocycles. The molecule has 0 saturated carbocycles. The van der Waals surface area contributed by atoms with E-state index < -0.39 is 0 Å². The van der Waals surface area contributed by atoms with Gasteiger partial charge in [0.25, 0.3) is 5.91 Å². The molecule has 2 rings (SSSR count). The lowest BCUT2D eigenvalue weighted by Gasteiger charge is -2.30. The van der Waals surface area contributed by atoms with Crippen molar-refractivity contribution < 1.29 is 9.90 Å². The Labute approximate surface area is 125 Å². The van der Waals surface area contributed by atoms with Crippen LogP contribution in [0.1, 0.15) is 37.0 Å². The minimum absolute atomic E-state index is 0.0273. The van der Waals surface area contributed by atoms with E-state index in [1.165, 1.54) is 0 Å². The summed E-state index contributed by atoms with van der Waals surface area (Å²) in [5, 5.41) is 10.2. The van der Waals surface area contributed by atoms with Gasteiger partial charge >= 0.3 is 0 Å². The van der Waals surface area contributed by atoms with Crippen LogP contribution >= 0.6 is 0 Å². The summed E-state index contributed by atoms with van der Waals surface area (Å²) >= 11 is 0. The first-order chi connectivity index (χ1) is 10.2. The number of rotatable bonds is 6. The molecular formula is C17H22N2O2. The highest BCUT2D eigenvalue weighted by atomic mass is 16.3. The van der Waals surface area contributed by atoms with E-state index in [0.717, 1.165) is 23.7 Å². The number of aromatic nitrogens is 1. The fourth-order valence-electron chi connectivity index (χ4n) is 2.72. The van der Waals surface area contributed by atoms with Crippen molar-refractivity contribution >= 4 is 16.8 Å². The molecule has 4 heteroatoms. The number of nitrogens with zero attached hydrogens (tertiary/aromatic N) is 2. The summed E-state index contributed by atoms with van der Waals surface area (Å²) in [5.41, 5.74) is 1.33. The molecule has 2 aromatic rings. The number of aliphatic hydroxyl groups is 1. The van der Waals surface area contributed by atoms with Crippen molar-refractivity contribution in [2.24, 2.45) is 0 Å². The highest BCUT2D eigenvalue weighted by Crippen LogP contribution is 2.20. The standard InChI is InChI=1S/C17H22N2O2/c1-3-14(4-2)19(11-12-20)17(21)15-9-5-7-13-8-6-10-18-16(13)15/h5-10,14,20H,3-4,11-12H2,1-2H3. The third-order valence-corrected chi connectivity index (χ3v) is 3.85. The Balaban J connectivity index is 2.43. The fourth-order valence-corrected chi connectivity index (χ4v) is 2.72. The molecule has 112 valence electrons. The molecule has 21 heavy (non-hydrogen) atoms. The van der Waals surface area contributed by atoms with Crippen molar-refractivity contribution in [1.82, 2.24) is 9.88 Å². The lowest BCUT2D eigenvalue weighted by atomic mass is 10.1. The van der Waals surface area contributed by atoms with Crippen LogP contribution in [-0.4, -0.2) is 40.1 Å². The molecule has 0 aliphatic heterocycles. The Hall–Kier alpha value is -1.94. The molecule has 1 heterocycles. The van der Waals surface area contributed by atoms with Crippen molar-refractivity contribution in [2.45, 2.75) is 32.7 Å². The molecule has 4 nitrogen and oxygen atoms in total. The lowest BCUT2D eigenvalue weighted by Crippen LogP contribution is -2.41. The van der Waals surface area contributed by atoms with Gasteiger partial charge in [0.2, 0.25) is 0 Å². The first kappa shape index (κ1) is 15.4. The second kappa shape index (κ2) is 7.18. The summed E-state index contributed by atoms with van der Waals surface area (Å²) in [6.45, 7) is 4.45. The fraction of sp³-hybridized carbons (Fsp3) is 0.412. The molecule has 0 spiro atoms. The van der Waals surface area contributed by atoms with E-state index in [1.807, 2.05) is 30.3 Å². The summed E-state index contributed by atoms with van der Waals surface area (Å²) in [7, 11) is 0. The topological polar surface area (TPSA) is 53.4 Å². The van der Waals surface area contributed by atoms with Crippen LogP contribution in [0.3, 0.4) is 0 Å². The van der Waals surface area contributed by atoms with Crippen molar-refractivity contribution in [3.05, 3.63) is 42.1 Å². The zero-order valence-electron chi connectivity index (χ0n) is 12.6. The van der Waals surface area contributed by atoms with Gasteiger partial charge in [-0.05, 0) is 25.0 Å². The van der Waals surface area contributed by atoms with Gasteiger partial charge in [-0.3, -0.25) is 9.78 Å². The van der Waals surface area contributed by atoms with Gasteiger partial charge in [0, 0.05) is 24.2 Å². The number of hydrogen-bond acceptors (Lipinski definition) is 3. The third-order valence-electron chi connectivity index (χ3n) is 3.85. The van der Waals surface area contributed by atoms with E-state index in [4.69, 9.17) is 0 Å². The number of carbonyl (C=O) groups is 1. The number of benzene rings is 1. The zero-order valence-corrected chi connectivity index (χ0v) is 12.6. The largest absolute Gasteiger partial charge is 0.395 e. The van der Waals surface area contributed by atoms with E-state index in [9.17, 15) is 9.90 Å². The number of carbonyl (C=O) groups excluding carboxylic acids is 1. The summed E-state index contributed by atoms with van der Waals surface area (Å²) in [5.74, 6) is -0.0537. The van der Waals surface area contributed by atoms with Crippen LogP contribution in [0.2, 0.25) is 0 Å². The van der Waals surface area contributed by atoms with E-state index in [0.29, 0.717) is 12.1 Å². The van der Waals surface area contributed by atoms with Crippen molar-refractivity contribution in [2.75, 3.05) is 13.2 Å². The number of hydrogen-bond donors (Lipinski definition) is 1. The number of aliphatic hydroxyl groups excluding tert-OH is 1. The first-order valence-electron chi connectivity index (χ1n) is 7.48. The molecule has 0 aliphatic carbocycles. The van der Waals surface area contributed by atoms with Gasteiger partial charge in [-0.15, -0.1) is 0 Å². The van der Waals surface area contributed by atoms with Gasteiger partial charge < -0.3 is 10.0 Å². The third kappa shape index (κ3) is 3.22. The van der Waals surface area contributed by atoms with Crippen LogP contribution in [0, 0.1) is 0 Å². The van der Waals surface area contributed by atoms with Crippen molar-refractivity contribution in [3.8, 4) is 0 Å². The van der Waals surface area contributed by atoms with Crippen LogP contribution in [0.4, 0.5) is 0 Å². The van der Waals surface area contributed by atoms with Crippen molar-refractivity contribution in [1.29, 1.82) is 0 Å². The van der Waals surface area contributed by atoms with Crippen LogP contribution in [0.25, 0.3) is 10.9 Å². The first-order valence-corrected chi connectivity index (χ1v) is 7.48.